The number of nitrogens with one attached hydrogen (secondary N) is 1. The van der Waals surface area contributed by atoms with E-state index >= 15 is 0 Å². The van der Waals surface area contributed by atoms with Crippen LogP contribution in [0.1, 0.15) is 29.5 Å². The van der Waals surface area contributed by atoms with Gasteiger partial charge in [0.25, 0.3) is 0 Å². The number of aromatic nitrogens is 1. The first kappa shape index (κ1) is 24.3. The second-order valence-corrected chi connectivity index (χ2v) is 8.77. The Morgan fingerprint density at radius 1 is 1.09 bits per heavy atom. The number of ether oxygens (including phenoxy) is 1. The van der Waals surface area contributed by atoms with Crippen LogP contribution in [0.3, 0.4) is 0 Å². The third-order valence-electron chi connectivity index (χ3n) is 6.16. The summed E-state index contributed by atoms with van der Waals surface area (Å²) < 4.78 is 5.98. The molecule has 35 heavy (non-hydrogen) atoms. The van der Waals surface area contributed by atoms with Crippen molar-refractivity contribution < 1.29 is 19.4 Å². The fourth-order valence-corrected chi connectivity index (χ4v) is 4.35. The van der Waals surface area contributed by atoms with E-state index in [4.69, 9.17) is 4.74 Å². The number of amides is 1. The number of fused-ring (bicyclic) bond motifs is 1. The van der Waals surface area contributed by atoms with Crippen molar-refractivity contribution >= 4 is 17.7 Å². The average molecular weight is 474 g/mol. The molecule has 2 aromatic carbocycles. The highest BCUT2D eigenvalue weighted by atomic mass is 16.5. The zero-order chi connectivity index (χ0) is 24.5. The molecule has 7 heteroatoms. The monoisotopic (exact) mass is 473 g/mol. The maximum atomic E-state index is 13.2. The van der Waals surface area contributed by atoms with Gasteiger partial charge in [0.05, 0.1) is 18.9 Å². The van der Waals surface area contributed by atoms with Crippen molar-refractivity contribution in [2.45, 2.75) is 32.2 Å². The van der Waals surface area contributed by atoms with Crippen molar-refractivity contribution in [3.8, 4) is 5.75 Å². The number of benzene rings is 2. The van der Waals surface area contributed by atoms with Gasteiger partial charge in [0.15, 0.2) is 0 Å². The highest BCUT2D eigenvalue weighted by Crippen LogP contribution is 2.28. The Morgan fingerprint density at radius 2 is 1.91 bits per heavy atom. The summed E-state index contributed by atoms with van der Waals surface area (Å²) in [4.78, 5) is 30.7. The SMILES string of the molecule is O=C(O)C[C@@H]1Cc2ccc(OCCCNc3ccccn3)cc2CN(CCc2ccccc2)C1=O. The van der Waals surface area contributed by atoms with E-state index < -0.39 is 11.9 Å². The van der Waals surface area contributed by atoms with Gasteiger partial charge < -0.3 is 20.1 Å². The third-order valence-corrected chi connectivity index (χ3v) is 6.16. The molecular formula is C28H31N3O4. The van der Waals surface area contributed by atoms with Crippen molar-refractivity contribution in [2.24, 2.45) is 5.92 Å². The molecule has 0 radical (unpaired) electrons. The quantitative estimate of drug-likeness (QED) is 0.406. The zero-order valence-corrected chi connectivity index (χ0v) is 19.7. The fourth-order valence-electron chi connectivity index (χ4n) is 4.35. The number of carboxylic acid groups (broad SMARTS) is 1. The largest absolute Gasteiger partial charge is 0.494 e. The smallest absolute Gasteiger partial charge is 0.304 e. The van der Waals surface area contributed by atoms with Gasteiger partial charge in [-0.1, -0.05) is 42.5 Å². The van der Waals surface area contributed by atoms with Crippen LogP contribution in [0.15, 0.2) is 72.9 Å². The lowest BCUT2D eigenvalue weighted by Gasteiger charge is -2.24. The summed E-state index contributed by atoms with van der Waals surface area (Å²) in [6.07, 6.45) is 3.55. The molecule has 2 N–H and O–H groups in total. The van der Waals surface area contributed by atoms with Gasteiger partial charge in [-0.15, -0.1) is 0 Å². The predicted octanol–water partition coefficient (Wildman–Crippen LogP) is 4.18. The van der Waals surface area contributed by atoms with Crippen LogP contribution in [0.2, 0.25) is 0 Å². The molecular weight excluding hydrogens is 442 g/mol. The Hall–Kier alpha value is -3.87. The summed E-state index contributed by atoms with van der Waals surface area (Å²) in [6.45, 7) is 2.30. The Labute approximate surface area is 205 Å². The molecule has 2 heterocycles. The van der Waals surface area contributed by atoms with E-state index in [2.05, 4.69) is 10.3 Å². The minimum Gasteiger partial charge on any atom is -0.494 e. The second kappa shape index (κ2) is 12.0. The molecule has 182 valence electrons. The molecule has 0 fully saturated rings. The van der Waals surface area contributed by atoms with Crippen LogP contribution in [-0.2, 0) is 29.0 Å². The summed E-state index contributed by atoms with van der Waals surface area (Å²) in [5.41, 5.74) is 3.18. The van der Waals surface area contributed by atoms with Gasteiger partial charge in [-0.25, -0.2) is 4.98 Å². The maximum absolute atomic E-state index is 13.2. The first-order valence-corrected chi connectivity index (χ1v) is 12.0. The van der Waals surface area contributed by atoms with Crippen LogP contribution < -0.4 is 10.1 Å². The van der Waals surface area contributed by atoms with E-state index in [0.29, 0.717) is 26.1 Å². The van der Waals surface area contributed by atoms with Gasteiger partial charge in [0, 0.05) is 25.8 Å². The van der Waals surface area contributed by atoms with Gasteiger partial charge in [0.2, 0.25) is 5.91 Å². The molecule has 7 nitrogen and oxygen atoms in total. The number of carbonyl (C=O) groups excluding carboxylic acids is 1. The number of carbonyl (C=O) groups is 2. The molecule has 0 saturated carbocycles. The first-order valence-electron chi connectivity index (χ1n) is 12.0. The first-order chi connectivity index (χ1) is 17.1. The standard InChI is InChI=1S/C28H31N3O4/c32-27(33)19-23-17-22-10-11-25(35-16-6-14-30-26-9-4-5-13-29-26)18-24(22)20-31(28(23)34)15-12-21-7-2-1-3-8-21/h1-5,7-11,13,18,23H,6,12,14-17,19-20H2,(H,29,30)(H,32,33)/t23-/m0/s1. The number of aliphatic carboxylic acids is 1. The molecule has 0 spiro atoms. The molecule has 0 saturated heterocycles. The molecule has 1 aliphatic heterocycles. The summed E-state index contributed by atoms with van der Waals surface area (Å²) >= 11 is 0. The van der Waals surface area contributed by atoms with E-state index in [1.54, 1.807) is 11.1 Å². The summed E-state index contributed by atoms with van der Waals surface area (Å²) in [5.74, 6) is -0.00642. The van der Waals surface area contributed by atoms with Crippen molar-refractivity contribution in [3.63, 3.8) is 0 Å². The van der Waals surface area contributed by atoms with Crippen LogP contribution in [0.25, 0.3) is 0 Å². The second-order valence-electron chi connectivity index (χ2n) is 8.77. The van der Waals surface area contributed by atoms with Gasteiger partial charge in [-0.2, -0.15) is 0 Å². The van der Waals surface area contributed by atoms with Crippen LogP contribution >= 0.6 is 0 Å². The van der Waals surface area contributed by atoms with Crippen molar-refractivity contribution in [1.82, 2.24) is 9.88 Å². The van der Waals surface area contributed by atoms with Crippen LogP contribution in [0.5, 0.6) is 5.75 Å². The topological polar surface area (TPSA) is 91.8 Å². The highest BCUT2D eigenvalue weighted by molar-refractivity contribution is 5.84. The number of anilines is 1. The molecule has 1 aromatic heterocycles. The molecule has 1 aliphatic rings. The third kappa shape index (κ3) is 7.06. The minimum absolute atomic E-state index is 0.0948. The fraction of sp³-hybridized carbons (Fsp3) is 0.321. The zero-order valence-electron chi connectivity index (χ0n) is 19.7. The molecule has 0 bridgehead atoms. The molecule has 0 aliphatic carbocycles. The molecule has 0 unspecified atom stereocenters. The Morgan fingerprint density at radius 3 is 2.69 bits per heavy atom. The summed E-state index contributed by atoms with van der Waals surface area (Å²) in [6, 6.07) is 21.6. The van der Waals surface area contributed by atoms with Crippen LogP contribution in [-0.4, -0.2) is 46.6 Å². The van der Waals surface area contributed by atoms with Crippen LogP contribution in [0.4, 0.5) is 5.82 Å². The van der Waals surface area contributed by atoms with Crippen molar-refractivity contribution in [1.29, 1.82) is 0 Å². The summed E-state index contributed by atoms with van der Waals surface area (Å²) in [7, 11) is 0. The Balaban J connectivity index is 1.40. The van der Waals surface area contributed by atoms with E-state index in [-0.39, 0.29) is 12.3 Å². The van der Waals surface area contributed by atoms with Gasteiger partial charge in [-0.05, 0) is 60.2 Å². The van der Waals surface area contributed by atoms with Gasteiger partial charge in [-0.3, -0.25) is 9.59 Å². The van der Waals surface area contributed by atoms with Crippen molar-refractivity contribution in [2.75, 3.05) is 25.0 Å². The normalized spacial score (nSPS) is 15.3. The van der Waals surface area contributed by atoms with E-state index in [1.807, 2.05) is 66.7 Å². The van der Waals surface area contributed by atoms with Crippen LogP contribution in [0, 0.1) is 5.92 Å². The molecule has 3 aromatic rings. The molecule has 1 amide bonds. The summed E-state index contributed by atoms with van der Waals surface area (Å²) in [5, 5.41) is 12.6. The maximum Gasteiger partial charge on any atom is 0.304 e. The number of hydrogen-bond acceptors (Lipinski definition) is 5. The van der Waals surface area contributed by atoms with E-state index in [1.165, 1.54) is 0 Å². The lowest BCUT2D eigenvalue weighted by atomic mass is 9.94. The Kier molecular flexibility index (Phi) is 8.33. The lowest BCUT2D eigenvalue weighted by molar-refractivity contribution is -0.144. The van der Waals surface area contributed by atoms with E-state index in [9.17, 15) is 14.7 Å². The average Bonchev–Trinajstić information content (AvgIpc) is 2.99. The number of pyridine rings is 1. The van der Waals surface area contributed by atoms with E-state index in [0.717, 1.165) is 47.6 Å². The number of hydrogen-bond donors (Lipinski definition) is 2. The highest BCUT2D eigenvalue weighted by Gasteiger charge is 2.31. The number of carboxylic acids is 1. The van der Waals surface area contributed by atoms with Gasteiger partial charge >= 0.3 is 5.97 Å². The molecule has 1 atom stereocenters. The van der Waals surface area contributed by atoms with Gasteiger partial charge in [0.1, 0.15) is 11.6 Å². The predicted molar refractivity (Wildman–Crippen MR) is 134 cm³/mol. The number of nitrogens with zero attached hydrogens (tertiary/aromatic N) is 2. The lowest BCUT2D eigenvalue weighted by Crippen LogP contribution is -2.37. The minimum atomic E-state index is -0.950. The van der Waals surface area contributed by atoms with Crippen molar-refractivity contribution in [3.05, 3.63) is 89.6 Å². The Bertz CT molecular complexity index is 1120. The number of rotatable bonds is 11. The molecule has 4 rings (SSSR count).